The highest BCUT2D eigenvalue weighted by Crippen LogP contribution is 2.55. The van der Waals surface area contributed by atoms with Gasteiger partial charge in [-0.15, -0.1) is 0 Å². The molecule has 2 fully saturated rings. The van der Waals surface area contributed by atoms with E-state index in [0.717, 1.165) is 24.0 Å². The lowest BCUT2D eigenvalue weighted by atomic mass is 10.0. The van der Waals surface area contributed by atoms with Gasteiger partial charge in [-0.2, -0.15) is 25.6 Å². The van der Waals surface area contributed by atoms with Gasteiger partial charge in [-0.1, -0.05) is 11.6 Å². The van der Waals surface area contributed by atoms with Crippen molar-refractivity contribution in [1.29, 1.82) is 10.5 Å². The molecular formula is C23H20ClN7O. The minimum atomic E-state index is 0.0989. The summed E-state index contributed by atoms with van der Waals surface area (Å²) in [6.07, 6.45) is 6.77. The number of allylic oxidation sites excluding steroid dienone is 1. The van der Waals surface area contributed by atoms with E-state index in [-0.39, 0.29) is 12.0 Å². The van der Waals surface area contributed by atoms with E-state index in [1.54, 1.807) is 23.0 Å². The fourth-order valence-corrected chi connectivity index (χ4v) is 4.93. The summed E-state index contributed by atoms with van der Waals surface area (Å²) in [5.41, 5.74) is 2.14. The maximum absolute atomic E-state index is 9.34. The second-order valence-corrected chi connectivity index (χ2v) is 8.80. The molecule has 160 valence electrons. The largest absolute Gasteiger partial charge is 0.436 e. The van der Waals surface area contributed by atoms with Crippen molar-refractivity contribution in [2.75, 3.05) is 5.32 Å². The first-order valence-corrected chi connectivity index (χ1v) is 10.8. The van der Waals surface area contributed by atoms with Gasteiger partial charge in [0.2, 0.25) is 11.8 Å². The van der Waals surface area contributed by atoms with Crippen LogP contribution in [0.4, 0.5) is 5.95 Å². The van der Waals surface area contributed by atoms with Crippen LogP contribution in [0.25, 0.3) is 17.1 Å². The van der Waals surface area contributed by atoms with Gasteiger partial charge in [0, 0.05) is 25.4 Å². The molecule has 1 aromatic carbocycles. The molecule has 3 aromatic rings. The number of ether oxygens (including phenoxy) is 1. The minimum Gasteiger partial charge on any atom is -0.436 e. The predicted molar refractivity (Wildman–Crippen MR) is 120 cm³/mol. The predicted octanol–water partition coefficient (Wildman–Crippen LogP) is 4.61. The summed E-state index contributed by atoms with van der Waals surface area (Å²) in [7, 11) is 1.82. The Labute approximate surface area is 190 Å². The number of benzene rings is 1. The van der Waals surface area contributed by atoms with Crippen LogP contribution in [0.5, 0.6) is 11.6 Å². The third-order valence-electron chi connectivity index (χ3n) is 6.17. The van der Waals surface area contributed by atoms with Crippen LogP contribution >= 0.6 is 11.6 Å². The van der Waals surface area contributed by atoms with Gasteiger partial charge in [-0.3, -0.25) is 4.68 Å². The summed E-state index contributed by atoms with van der Waals surface area (Å²) < 4.78 is 7.86. The van der Waals surface area contributed by atoms with Crippen molar-refractivity contribution in [3.63, 3.8) is 0 Å². The standard InChI is InChI=1S/C23H20ClN7O/c1-12-6-13(4-3-5-25)7-18(24)20(12)32-22-17-11-31(2)30-21(17)28-23(29-22)27-19-8-14(10-26)15-9-16(15)19/h3-4,6-7,11,14-16,19H,8-9H2,1-2H3,(H,27,28,30)/b4-3+. The normalized spacial score (nSPS) is 23.7. The fourth-order valence-electron chi connectivity index (χ4n) is 4.61. The molecular weight excluding hydrogens is 426 g/mol. The molecule has 4 unspecified atom stereocenters. The zero-order valence-electron chi connectivity index (χ0n) is 17.6. The van der Waals surface area contributed by atoms with E-state index in [1.807, 2.05) is 26.1 Å². The summed E-state index contributed by atoms with van der Waals surface area (Å²) >= 11 is 6.50. The first-order valence-electron chi connectivity index (χ1n) is 10.4. The van der Waals surface area contributed by atoms with E-state index >= 15 is 0 Å². The van der Waals surface area contributed by atoms with Gasteiger partial charge in [-0.25, -0.2) is 0 Å². The van der Waals surface area contributed by atoms with Crippen LogP contribution in [0, 0.1) is 47.3 Å². The molecule has 0 aliphatic heterocycles. The zero-order chi connectivity index (χ0) is 22.4. The smallest absolute Gasteiger partial charge is 0.235 e. The van der Waals surface area contributed by atoms with E-state index < -0.39 is 0 Å². The second kappa shape index (κ2) is 7.81. The molecule has 5 rings (SSSR count). The molecule has 32 heavy (non-hydrogen) atoms. The lowest BCUT2D eigenvalue weighted by Crippen LogP contribution is -2.21. The lowest BCUT2D eigenvalue weighted by molar-refractivity contribution is 0.465. The quantitative estimate of drug-likeness (QED) is 0.570. The van der Waals surface area contributed by atoms with Crippen LogP contribution in [0.15, 0.2) is 24.4 Å². The summed E-state index contributed by atoms with van der Waals surface area (Å²) in [6, 6.07) is 8.20. The second-order valence-electron chi connectivity index (χ2n) is 8.39. The average molecular weight is 446 g/mol. The molecule has 2 saturated carbocycles. The van der Waals surface area contributed by atoms with Crippen molar-refractivity contribution >= 4 is 34.7 Å². The number of fused-ring (bicyclic) bond motifs is 2. The van der Waals surface area contributed by atoms with E-state index in [1.165, 1.54) is 6.08 Å². The van der Waals surface area contributed by atoms with Gasteiger partial charge in [0.25, 0.3) is 0 Å². The number of anilines is 1. The molecule has 4 atom stereocenters. The Balaban J connectivity index is 1.48. The third kappa shape index (κ3) is 3.63. The topological polar surface area (TPSA) is 112 Å². The molecule has 0 bridgehead atoms. The zero-order valence-corrected chi connectivity index (χ0v) is 18.3. The van der Waals surface area contributed by atoms with Crippen molar-refractivity contribution in [3.05, 3.63) is 40.6 Å². The number of hydrogen-bond donors (Lipinski definition) is 1. The molecule has 0 spiro atoms. The molecule has 0 radical (unpaired) electrons. The van der Waals surface area contributed by atoms with Crippen LogP contribution < -0.4 is 10.1 Å². The number of aryl methyl sites for hydroxylation is 2. The number of nitriles is 2. The number of nitrogens with zero attached hydrogens (tertiary/aromatic N) is 6. The summed E-state index contributed by atoms with van der Waals surface area (Å²) in [4.78, 5) is 9.20. The Morgan fingerprint density at radius 2 is 2.09 bits per heavy atom. The maximum Gasteiger partial charge on any atom is 0.235 e. The van der Waals surface area contributed by atoms with Crippen molar-refractivity contribution in [1.82, 2.24) is 19.7 Å². The van der Waals surface area contributed by atoms with Crippen LogP contribution in [0.2, 0.25) is 5.02 Å². The van der Waals surface area contributed by atoms with Gasteiger partial charge >= 0.3 is 0 Å². The lowest BCUT2D eigenvalue weighted by Gasteiger charge is -2.16. The Hall–Kier alpha value is -3.62. The number of aromatic nitrogens is 4. The first-order chi connectivity index (χ1) is 15.5. The van der Waals surface area contributed by atoms with E-state index in [2.05, 4.69) is 26.5 Å². The van der Waals surface area contributed by atoms with Crippen LogP contribution in [0.1, 0.15) is 24.0 Å². The molecule has 9 heteroatoms. The van der Waals surface area contributed by atoms with Crippen molar-refractivity contribution in [2.24, 2.45) is 24.8 Å². The summed E-state index contributed by atoms with van der Waals surface area (Å²) in [5, 5.41) is 27.0. The number of nitrogens with one attached hydrogen (secondary N) is 1. The Morgan fingerprint density at radius 1 is 1.25 bits per heavy atom. The Bertz CT molecular complexity index is 1310. The third-order valence-corrected chi connectivity index (χ3v) is 6.45. The van der Waals surface area contributed by atoms with Crippen molar-refractivity contribution < 1.29 is 4.74 Å². The first kappa shape index (κ1) is 20.3. The average Bonchev–Trinajstić information content (AvgIpc) is 3.35. The van der Waals surface area contributed by atoms with Gasteiger partial charge in [0.1, 0.15) is 5.39 Å². The molecule has 2 aliphatic rings. The number of halogens is 1. The van der Waals surface area contributed by atoms with Gasteiger partial charge < -0.3 is 10.1 Å². The van der Waals surface area contributed by atoms with Gasteiger partial charge in [-0.05, 0) is 60.9 Å². The molecule has 1 N–H and O–H groups in total. The van der Waals surface area contributed by atoms with Crippen LogP contribution in [-0.2, 0) is 7.05 Å². The number of hydrogen-bond acceptors (Lipinski definition) is 7. The summed E-state index contributed by atoms with van der Waals surface area (Å²) in [5.74, 6) is 2.37. The molecule has 0 saturated heterocycles. The monoisotopic (exact) mass is 445 g/mol. The van der Waals surface area contributed by atoms with E-state index in [9.17, 15) is 5.26 Å². The van der Waals surface area contributed by atoms with Crippen molar-refractivity contribution in [3.8, 4) is 23.8 Å². The van der Waals surface area contributed by atoms with Crippen LogP contribution in [0.3, 0.4) is 0 Å². The molecule has 2 aromatic heterocycles. The van der Waals surface area contributed by atoms with E-state index in [0.29, 0.717) is 45.5 Å². The Morgan fingerprint density at radius 3 is 2.81 bits per heavy atom. The maximum atomic E-state index is 9.34. The van der Waals surface area contributed by atoms with Crippen molar-refractivity contribution in [2.45, 2.75) is 25.8 Å². The highest BCUT2D eigenvalue weighted by atomic mass is 35.5. The minimum absolute atomic E-state index is 0.0989. The number of rotatable bonds is 5. The SMILES string of the molecule is Cc1cc(/C=C/C#N)cc(Cl)c1Oc1nc(NC2CC(C#N)C3CC23)nc2nn(C)cc12. The molecule has 2 aliphatic carbocycles. The fraction of sp³-hybridized carbons (Fsp3) is 0.348. The molecule has 2 heterocycles. The highest BCUT2D eigenvalue weighted by molar-refractivity contribution is 6.32. The highest BCUT2D eigenvalue weighted by Gasteiger charge is 2.54. The van der Waals surface area contributed by atoms with Gasteiger partial charge in [0.05, 0.1) is 23.1 Å². The van der Waals surface area contributed by atoms with Crippen LogP contribution in [-0.4, -0.2) is 25.8 Å². The van der Waals surface area contributed by atoms with E-state index in [4.69, 9.17) is 21.6 Å². The molecule has 8 nitrogen and oxygen atoms in total. The Kier molecular flexibility index (Phi) is 4.96. The van der Waals surface area contributed by atoms with Gasteiger partial charge in [0.15, 0.2) is 11.4 Å². The molecule has 0 amide bonds. The summed E-state index contributed by atoms with van der Waals surface area (Å²) in [6.45, 7) is 1.89.